The van der Waals surface area contributed by atoms with E-state index in [1.165, 1.54) is 38.6 Å². The average molecular weight is 183 g/mol. The van der Waals surface area contributed by atoms with Gasteiger partial charge in [0.1, 0.15) is 0 Å². The molecule has 1 aliphatic heterocycles. The summed E-state index contributed by atoms with van der Waals surface area (Å²) in [5.74, 6) is 1.91. The third kappa shape index (κ3) is 2.05. The van der Waals surface area contributed by atoms with E-state index in [9.17, 15) is 0 Å². The van der Waals surface area contributed by atoms with Crippen LogP contribution in [0.1, 0.15) is 32.1 Å². The topological polar surface area (TPSA) is 21.3 Å². The first-order chi connectivity index (χ1) is 6.42. The minimum Gasteiger partial charge on any atom is -0.385 e. The fourth-order valence-electron chi connectivity index (χ4n) is 2.56. The van der Waals surface area contributed by atoms with E-state index in [0.29, 0.717) is 0 Å². The summed E-state index contributed by atoms with van der Waals surface area (Å²) < 4.78 is 5.18. The van der Waals surface area contributed by atoms with Crippen LogP contribution >= 0.6 is 0 Å². The molecule has 1 N–H and O–H groups in total. The second kappa shape index (κ2) is 4.43. The predicted octanol–water partition coefficient (Wildman–Crippen LogP) is 1.80. The molecule has 2 unspecified atom stereocenters. The molecule has 1 saturated heterocycles. The Hall–Kier alpha value is -0.0800. The van der Waals surface area contributed by atoms with Gasteiger partial charge in [0.2, 0.25) is 0 Å². The van der Waals surface area contributed by atoms with Crippen LogP contribution in [0, 0.1) is 11.8 Å². The van der Waals surface area contributed by atoms with Crippen LogP contribution < -0.4 is 5.32 Å². The molecular formula is C11H21NO. The molecular weight excluding hydrogens is 162 g/mol. The molecule has 2 aliphatic rings. The highest BCUT2D eigenvalue weighted by atomic mass is 16.5. The lowest BCUT2D eigenvalue weighted by atomic mass is 9.69. The van der Waals surface area contributed by atoms with Gasteiger partial charge in [0.05, 0.1) is 0 Å². The van der Waals surface area contributed by atoms with E-state index < -0.39 is 0 Å². The third-order valence-corrected chi connectivity index (χ3v) is 3.79. The fraction of sp³-hybridized carbons (Fsp3) is 1.00. The highest BCUT2D eigenvalue weighted by Gasteiger charge is 2.35. The van der Waals surface area contributed by atoms with Gasteiger partial charge in [0.25, 0.3) is 0 Å². The van der Waals surface area contributed by atoms with Crippen LogP contribution in [0.3, 0.4) is 0 Å². The zero-order valence-electron chi connectivity index (χ0n) is 8.59. The van der Waals surface area contributed by atoms with Crippen molar-refractivity contribution in [2.45, 2.75) is 38.1 Å². The smallest absolute Gasteiger partial charge is 0.0465 e. The molecule has 2 rings (SSSR count). The lowest BCUT2D eigenvalue weighted by Gasteiger charge is -2.43. The predicted molar refractivity (Wildman–Crippen MR) is 53.7 cm³/mol. The Morgan fingerprint density at radius 1 is 1.38 bits per heavy atom. The Morgan fingerprint density at radius 3 is 2.54 bits per heavy atom. The molecule has 1 aliphatic carbocycles. The van der Waals surface area contributed by atoms with E-state index >= 15 is 0 Å². The summed E-state index contributed by atoms with van der Waals surface area (Å²) in [5.41, 5.74) is 0. The monoisotopic (exact) mass is 183 g/mol. The Morgan fingerprint density at radius 2 is 2.15 bits per heavy atom. The molecule has 0 amide bonds. The molecule has 1 saturated carbocycles. The van der Waals surface area contributed by atoms with Gasteiger partial charge in [-0.05, 0) is 31.2 Å². The van der Waals surface area contributed by atoms with Crippen molar-refractivity contribution in [3.63, 3.8) is 0 Å². The van der Waals surface area contributed by atoms with E-state index in [-0.39, 0.29) is 0 Å². The van der Waals surface area contributed by atoms with Gasteiger partial charge in [-0.15, -0.1) is 0 Å². The number of ether oxygens (including phenoxy) is 1. The summed E-state index contributed by atoms with van der Waals surface area (Å²) in [6.07, 6.45) is 7.05. The van der Waals surface area contributed by atoms with Crippen LogP contribution in [0.4, 0.5) is 0 Å². The van der Waals surface area contributed by atoms with E-state index in [4.69, 9.17) is 4.74 Å². The Bertz CT molecular complexity index is 138. The number of rotatable bonds is 5. The molecule has 0 radical (unpaired) electrons. The van der Waals surface area contributed by atoms with Gasteiger partial charge in [-0.3, -0.25) is 0 Å². The van der Waals surface area contributed by atoms with E-state index in [1.807, 2.05) is 7.11 Å². The third-order valence-electron chi connectivity index (χ3n) is 3.79. The van der Waals surface area contributed by atoms with Gasteiger partial charge in [0, 0.05) is 19.8 Å². The second-order valence-corrected chi connectivity index (χ2v) is 4.49. The van der Waals surface area contributed by atoms with Crippen LogP contribution in [-0.2, 0) is 4.74 Å². The van der Waals surface area contributed by atoms with Gasteiger partial charge in [-0.2, -0.15) is 0 Å². The van der Waals surface area contributed by atoms with E-state index in [1.54, 1.807) is 0 Å². The molecule has 2 fully saturated rings. The quantitative estimate of drug-likeness (QED) is 0.702. The van der Waals surface area contributed by atoms with Gasteiger partial charge in [-0.25, -0.2) is 0 Å². The number of methoxy groups -OCH3 is 1. The van der Waals surface area contributed by atoms with Crippen molar-refractivity contribution in [3.8, 4) is 0 Å². The molecule has 76 valence electrons. The van der Waals surface area contributed by atoms with Crippen molar-refractivity contribution in [1.82, 2.24) is 5.32 Å². The summed E-state index contributed by atoms with van der Waals surface area (Å²) in [6.45, 7) is 2.18. The van der Waals surface area contributed by atoms with Crippen molar-refractivity contribution in [3.05, 3.63) is 0 Å². The van der Waals surface area contributed by atoms with Crippen molar-refractivity contribution in [2.24, 2.45) is 11.8 Å². The van der Waals surface area contributed by atoms with Crippen LogP contribution in [0.2, 0.25) is 0 Å². The van der Waals surface area contributed by atoms with Crippen LogP contribution in [0.15, 0.2) is 0 Å². The first-order valence-electron chi connectivity index (χ1n) is 5.64. The summed E-state index contributed by atoms with van der Waals surface area (Å²) in [7, 11) is 1.81. The molecule has 2 atom stereocenters. The summed E-state index contributed by atoms with van der Waals surface area (Å²) in [5, 5.41) is 3.55. The van der Waals surface area contributed by atoms with Crippen LogP contribution in [0.5, 0.6) is 0 Å². The zero-order valence-corrected chi connectivity index (χ0v) is 8.59. The van der Waals surface area contributed by atoms with Crippen molar-refractivity contribution >= 4 is 0 Å². The molecule has 0 aromatic carbocycles. The number of nitrogens with one attached hydrogen (secondary N) is 1. The first kappa shape index (κ1) is 9.47. The van der Waals surface area contributed by atoms with Crippen LogP contribution in [-0.4, -0.2) is 26.3 Å². The first-order valence-corrected chi connectivity index (χ1v) is 5.64. The maximum atomic E-state index is 5.18. The van der Waals surface area contributed by atoms with Crippen molar-refractivity contribution in [1.29, 1.82) is 0 Å². The molecule has 0 bridgehead atoms. The maximum absolute atomic E-state index is 5.18. The zero-order chi connectivity index (χ0) is 9.10. The van der Waals surface area contributed by atoms with E-state index in [2.05, 4.69) is 5.32 Å². The highest BCUT2D eigenvalue weighted by Crippen LogP contribution is 2.38. The summed E-state index contributed by atoms with van der Waals surface area (Å²) in [4.78, 5) is 0. The Labute approximate surface area is 81.0 Å². The number of hydrogen-bond acceptors (Lipinski definition) is 2. The molecule has 2 heteroatoms. The molecule has 0 aromatic heterocycles. The molecule has 1 heterocycles. The highest BCUT2D eigenvalue weighted by molar-refractivity contribution is 4.90. The molecule has 2 nitrogen and oxygen atoms in total. The van der Waals surface area contributed by atoms with Gasteiger partial charge in [0.15, 0.2) is 0 Å². The Balaban J connectivity index is 1.78. The standard InChI is InChI=1S/C11H21NO/c1-13-8-6-10(9-3-2-4-9)11-5-7-12-11/h9-12H,2-8H2,1H3. The maximum Gasteiger partial charge on any atom is 0.0465 e. The largest absolute Gasteiger partial charge is 0.385 e. The summed E-state index contributed by atoms with van der Waals surface area (Å²) >= 11 is 0. The SMILES string of the molecule is COCCC(C1CCC1)C1CCN1. The Kier molecular flexibility index (Phi) is 3.23. The normalized spacial score (nSPS) is 30.7. The van der Waals surface area contributed by atoms with E-state index in [0.717, 1.165) is 24.5 Å². The average Bonchev–Trinajstić information content (AvgIpc) is 1.93. The van der Waals surface area contributed by atoms with Gasteiger partial charge in [-0.1, -0.05) is 19.3 Å². The van der Waals surface area contributed by atoms with Gasteiger partial charge >= 0.3 is 0 Å². The minimum atomic E-state index is 0.820. The van der Waals surface area contributed by atoms with Crippen molar-refractivity contribution in [2.75, 3.05) is 20.3 Å². The lowest BCUT2D eigenvalue weighted by Crippen LogP contribution is -2.51. The fourth-order valence-corrected chi connectivity index (χ4v) is 2.56. The van der Waals surface area contributed by atoms with Crippen LogP contribution in [0.25, 0.3) is 0 Å². The van der Waals surface area contributed by atoms with Crippen molar-refractivity contribution < 1.29 is 4.74 Å². The minimum absolute atomic E-state index is 0.820. The van der Waals surface area contributed by atoms with Gasteiger partial charge < -0.3 is 10.1 Å². The molecule has 0 aromatic rings. The molecule has 0 spiro atoms. The second-order valence-electron chi connectivity index (χ2n) is 4.49. The molecule has 13 heavy (non-hydrogen) atoms. The number of hydrogen-bond donors (Lipinski definition) is 1. The lowest BCUT2D eigenvalue weighted by molar-refractivity contribution is 0.0846. The summed E-state index contributed by atoms with van der Waals surface area (Å²) in [6, 6.07) is 0.820.